The highest BCUT2D eigenvalue weighted by Crippen LogP contribution is 2.40. The van der Waals surface area contributed by atoms with Crippen molar-refractivity contribution in [2.75, 3.05) is 13.1 Å². The van der Waals surface area contributed by atoms with Crippen molar-refractivity contribution in [2.24, 2.45) is 5.16 Å². The topological polar surface area (TPSA) is 82.5 Å². The molecule has 1 unspecified atom stereocenters. The highest BCUT2D eigenvalue weighted by Gasteiger charge is 2.30. The number of rotatable bonds is 6. The first-order valence-electron chi connectivity index (χ1n) is 14.0. The first kappa shape index (κ1) is 28.7. The predicted molar refractivity (Wildman–Crippen MR) is 163 cm³/mol. The highest BCUT2D eigenvalue weighted by atomic mass is 16.6. The quantitative estimate of drug-likeness (QED) is 0.133. The Morgan fingerprint density at radius 1 is 1.05 bits per heavy atom. The fourth-order valence-electron chi connectivity index (χ4n) is 4.90. The van der Waals surface area contributed by atoms with Gasteiger partial charge in [0.15, 0.2) is 5.75 Å². The first-order valence-corrected chi connectivity index (χ1v) is 14.0. The van der Waals surface area contributed by atoms with E-state index in [4.69, 9.17) is 26.0 Å². The Hall–Kier alpha value is -4.84. The van der Waals surface area contributed by atoms with Gasteiger partial charge in [-0.1, -0.05) is 23.4 Å². The second kappa shape index (κ2) is 12.0. The van der Waals surface area contributed by atoms with Gasteiger partial charge < -0.3 is 19.2 Å². The SMILES string of the molecule is [C-]#[N+]c1cc2c(-c3ccc(Oc4ccccc4)cc3)nn(C3CCCN(C(=O)OC(C)(C)C)C3)c2cc1ON=C(C)C. The van der Waals surface area contributed by atoms with Crippen LogP contribution in [0, 0.1) is 6.57 Å². The molecule has 2 heterocycles. The van der Waals surface area contributed by atoms with E-state index in [9.17, 15) is 4.79 Å². The number of benzene rings is 3. The van der Waals surface area contributed by atoms with E-state index in [0.29, 0.717) is 30.3 Å². The van der Waals surface area contributed by atoms with E-state index in [1.165, 1.54) is 0 Å². The Morgan fingerprint density at radius 3 is 2.43 bits per heavy atom. The Morgan fingerprint density at radius 2 is 1.76 bits per heavy atom. The van der Waals surface area contributed by atoms with Gasteiger partial charge in [0.25, 0.3) is 0 Å². The lowest BCUT2D eigenvalue weighted by Gasteiger charge is -2.34. The summed E-state index contributed by atoms with van der Waals surface area (Å²) >= 11 is 0. The zero-order valence-corrected chi connectivity index (χ0v) is 24.6. The van der Waals surface area contributed by atoms with Crippen LogP contribution in [-0.2, 0) is 4.74 Å². The van der Waals surface area contributed by atoms with E-state index in [0.717, 1.165) is 46.5 Å². The average Bonchev–Trinajstić information content (AvgIpc) is 3.34. The standard InChI is InChI=1S/C33H35N5O4/c1-22(2)36-42-30-20-29-27(19-28(30)34-6)31(23-14-16-26(17-15-23)40-25-12-8-7-9-13-25)35-38(29)24-11-10-18-37(21-24)32(39)41-33(3,4)5/h7-9,12-17,19-20,24H,10-11,18,21H2,1-5H3. The number of oxime groups is 1. The van der Waals surface area contributed by atoms with Crippen LogP contribution in [0.5, 0.6) is 17.2 Å². The lowest BCUT2D eigenvalue weighted by atomic mass is 10.0. The maximum atomic E-state index is 12.9. The van der Waals surface area contributed by atoms with Gasteiger partial charge in [-0.05, 0) is 96.0 Å². The lowest BCUT2D eigenvalue weighted by Crippen LogP contribution is -2.43. The summed E-state index contributed by atoms with van der Waals surface area (Å²) < 4.78 is 13.6. The fourth-order valence-corrected chi connectivity index (χ4v) is 4.90. The molecule has 1 aliphatic rings. The van der Waals surface area contributed by atoms with Crippen LogP contribution in [0.1, 0.15) is 53.5 Å². The number of aromatic nitrogens is 2. The monoisotopic (exact) mass is 565 g/mol. The summed E-state index contributed by atoms with van der Waals surface area (Å²) in [4.78, 5) is 24.1. The molecule has 1 aromatic heterocycles. The number of nitrogens with zero attached hydrogens (tertiary/aromatic N) is 5. The van der Waals surface area contributed by atoms with Gasteiger partial charge in [-0.25, -0.2) is 9.64 Å². The molecule has 0 radical (unpaired) electrons. The molecule has 1 fully saturated rings. The van der Waals surface area contributed by atoms with Gasteiger partial charge in [-0.3, -0.25) is 4.68 Å². The summed E-state index contributed by atoms with van der Waals surface area (Å²) in [5.41, 5.74) is 2.92. The molecule has 9 heteroatoms. The molecule has 0 spiro atoms. The number of piperidine rings is 1. The van der Waals surface area contributed by atoms with Crippen LogP contribution in [0.15, 0.2) is 71.9 Å². The third-order valence-corrected chi connectivity index (χ3v) is 6.73. The van der Waals surface area contributed by atoms with E-state index in [2.05, 4.69) is 10.0 Å². The zero-order chi connectivity index (χ0) is 29.9. The molecule has 4 aromatic rings. The minimum absolute atomic E-state index is 0.0914. The Kier molecular flexibility index (Phi) is 8.16. The fraction of sp³-hybridized carbons (Fsp3) is 0.333. The van der Waals surface area contributed by atoms with Crippen LogP contribution in [0.4, 0.5) is 10.5 Å². The number of hydrogen-bond donors (Lipinski definition) is 0. The summed E-state index contributed by atoms with van der Waals surface area (Å²) in [6.45, 7) is 18.1. The van der Waals surface area contributed by atoms with Gasteiger partial charge in [0.2, 0.25) is 5.69 Å². The molecule has 42 heavy (non-hydrogen) atoms. The van der Waals surface area contributed by atoms with Crippen molar-refractivity contribution >= 4 is 28.4 Å². The minimum atomic E-state index is -0.577. The number of carbonyl (C=O) groups excluding carboxylic acids is 1. The van der Waals surface area contributed by atoms with Crippen LogP contribution >= 0.6 is 0 Å². The van der Waals surface area contributed by atoms with E-state index in [-0.39, 0.29) is 12.1 Å². The van der Waals surface area contributed by atoms with Crippen LogP contribution in [0.3, 0.4) is 0 Å². The molecule has 0 aliphatic carbocycles. The van der Waals surface area contributed by atoms with Crippen LogP contribution in [0.25, 0.3) is 27.0 Å². The number of hydrogen-bond acceptors (Lipinski definition) is 6. The van der Waals surface area contributed by atoms with Crippen molar-refractivity contribution in [3.8, 4) is 28.5 Å². The largest absolute Gasteiger partial charge is 0.457 e. The van der Waals surface area contributed by atoms with E-state index in [1.54, 1.807) is 11.0 Å². The summed E-state index contributed by atoms with van der Waals surface area (Å²) in [5.74, 6) is 1.82. The molecule has 1 saturated heterocycles. The molecule has 5 rings (SSSR count). The smallest absolute Gasteiger partial charge is 0.410 e. The maximum absolute atomic E-state index is 12.9. The molecule has 1 atom stereocenters. The number of amides is 1. The van der Waals surface area contributed by atoms with Gasteiger partial charge in [0.05, 0.1) is 29.5 Å². The molecule has 3 aromatic carbocycles. The molecule has 1 amide bonds. The number of likely N-dealkylation sites (tertiary alicyclic amines) is 1. The lowest BCUT2D eigenvalue weighted by molar-refractivity contribution is 0.0169. The van der Waals surface area contributed by atoms with Crippen molar-refractivity contribution < 1.29 is 19.1 Å². The summed E-state index contributed by atoms with van der Waals surface area (Å²) in [6.07, 6.45) is 1.33. The van der Waals surface area contributed by atoms with E-state index < -0.39 is 5.60 Å². The highest BCUT2D eigenvalue weighted by molar-refractivity contribution is 5.97. The third kappa shape index (κ3) is 6.55. The zero-order valence-electron chi connectivity index (χ0n) is 24.6. The van der Waals surface area contributed by atoms with Gasteiger partial charge in [0.1, 0.15) is 17.1 Å². The molecule has 9 nitrogen and oxygen atoms in total. The molecule has 1 aliphatic heterocycles. The predicted octanol–water partition coefficient (Wildman–Crippen LogP) is 8.39. The summed E-state index contributed by atoms with van der Waals surface area (Å²) in [5, 5.41) is 9.99. The van der Waals surface area contributed by atoms with Gasteiger partial charge in [-0.2, -0.15) is 5.10 Å². The van der Waals surface area contributed by atoms with Crippen molar-refractivity contribution in [1.29, 1.82) is 0 Å². The van der Waals surface area contributed by atoms with Crippen LogP contribution in [-0.4, -0.2) is 45.2 Å². The number of para-hydroxylation sites is 1. The summed E-state index contributed by atoms with van der Waals surface area (Å²) in [6, 6.07) is 20.9. The van der Waals surface area contributed by atoms with Crippen LogP contribution in [0.2, 0.25) is 0 Å². The Bertz CT molecular complexity index is 1640. The number of ether oxygens (including phenoxy) is 2. The third-order valence-electron chi connectivity index (χ3n) is 6.73. The van der Waals surface area contributed by atoms with Crippen molar-refractivity contribution in [1.82, 2.24) is 14.7 Å². The van der Waals surface area contributed by atoms with Gasteiger partial charge >= 0.3 is 6.09 Å². The molecule has 216 valence electrons. The van der Waals surface area contributed by atoms with Crippen LogP contribution < -0.4 is 9.57 Å². The minimum Gasteiger partial charge on any atom is -0.457 e. The second-order valence-corrected chi connectivity index (χ2v) is 11.5. The molecular formula is C33H35N5O4. The van der Waals surface area contributed by atoms with Crippen molar-refractivity contribution in [2.45, 2.75) is 59.1 Å². The second-order valence-electron chi connectivity index (χ2n) is 11.5. The van der Waals surface area contributed by atoms with Crippen molar-refractivity contribution in [3.05, 3.63) is 78.1 Å². The Balaban J connectivity index is 1.55. The van der Waals surface area contributed by atoms with Gasteiger partial charge in [0, 0.05) is 24.0 Å². The maximum Gasteiger partial charge on any atom is 0.410 e. The molecule has 0 saturated carbocycles. The van der Waals surface area contributed by atoms with Gasteiger partial charge in [-0.15, -0.1) is 0 Å². The molecular weight excluding hydrogens is 530 g/mol. The van der Waals surface area contributed by atoms with Crippen molar-refractivity contribution in [3.63, 3.8) is 0 Å². The number of fused-ring (bicyclic) bond motifs is 1. The average molecular weight is 566 g/mol. The summed E-state index contributed by atoms with van der Waals surface area (Å²) in [7, 11) is 0. The normalized spacial score (nSPS) is 15.1. The molecule has 0 bridgehead atoms. The van der Waals surface area contributed by atoms with E-state index >= 15 is 0 Å². The first-order chi connectivity index (χ1) is 20.1. The molecule has 0 N–H and O–H groups in total. The number of carbonyl (C=O) groups is 1. The Labute approximate surface area is 246 Å². The van der Waals surface area contributed by atoms with E-state index in [1.807, 2.05) is 100.0 Å².